The van der Waals surface area contributed by atoms with Crippen LogP contribution in [0.1, 0.15) is 12.8 Å². The van der Waals surface area contributed by atoms with Gasteiger partial charge in [-0.05, 0) is 25.1 Å². The van der Waals surface area contributed by atoms with Crippen molar-refractivity contribution >= 4 is 27.5 Å². The molecule has 0 aliphatic carbocycles. The van der Waals surface area contributed by atoms with Crippen LogP contribution in [0.4, 0.5) is 0 Å². The molecule has 2 N–H and O–H groups in total. The summed E-state index contributed by atoms with van der Waals surface area (Å²) < 4.78 is 22.6. The second-order valence-corrected chi connectivity index (χ2v) is 7.59. The van der Waals surface area contributed by atoms with Crippen LogP contribution in [0.2, 0.25) is 0 Å². The third kappa shape index (κ3) is 4.85. The molecular weight excluding hydrogens is 260 g/mol. The van der Waals surface area contributed by atoms with Gasteiger partial charge in [-0.25, -0.2) is 8.42 Å². The summed E-state index contributed by atoms with van der Waals surface area (Å²) in [5.41, 5.74) is 5.36. The Morgan fingerprint density at radius 2 is 2.24 bits per heavy atom. The van der Waals surface area contributed by atoms with Gasteiger partial charge in [-0.15, -0.1) is 0 Å². The van der Waals surface area contributed by atoms with Gasteiger partial charge in [0.25, 0.3) is 0 Å². The van der Waals surface area contributed by atoms with Crippen molar-refractivity contribution < 1.29 is 13.2 Å². The Bertz CT molecular complexity index is 357. The van der Waals surface area contributed by atoms with E-state index in [9.17, 15) is 13.2 Å². The van der Waals surface area contributed by atoms with E-state index in [0.29, 0.717) is 18.7 Å². The minimum Gasteiger partial charge on any atom is -0.341 e. The smallest absolute Gasteiger partial charge is 0.232 e. The zero-order valence-corrected chi connectivity index (χ0v) is 11.7. The van der Waals surface area contributed by atoms with Crippen molar-refractivity contribution in [3.8, 4) is 0 Å². The number of rotatable bonds is 6. The van der Waals surface area contributed by atoms with Gasteiger partial charge in [-0.1, -0.05) is 0 Å². The molecule has 1 rings (SSSR count). The van der Waals surface area contributed by atoms with Gasteiger partial charge in [0.15, 0.2) is 9.84 Å². The molecule has 1 aliphatic rings. The molecule has 1 amide bonds. The lowest BCUT2D eigenvalue weighted by Crippen LogP contribution is -2.38. The lowest BCUT2D eigenvalue weighted by Gasteiger charge is -2.23. The van der Waals surface area contributed by atoms with Gasteiger partial charge in [-0.2, -0.15) is 11.8 Å². The van der Waals surface area contributed by atoms with E-state index in [-0.39, 0.29) is 23.5 Å². The first-order valence-corrected chi connectivity index (χ1v) is 8.68. The molecule has 1 heterocycles. The number of carbonyl (C=O) groups excluding carboxylic acids is 1. The van der Waals surface area contributed by atoms with Gasteiger partial charge < -0.3 is 10.6 Å². The molecule has 0 bridgehead atoms. The molecular formula is C10H20N2O3S2. The van der Waals surface area contributed by atoms with E-state index in [1.807, 2.05) is 0 Å². The summed E-state index contributed by atoms with van der Waals surface area (Å²) in [6.45, 7) is 0.637. The zero-order valence-electron chi connectivity index (χ0n) is 10.1. The maximum absolute atomic E-state index is 11.8. The fraction of sp³-hybridized carbons (Fsp3) is 0.900. The van der Waals surface area contributed by atoms with Crippen LogP contribution in [0, 0.1) is 0 Å². The molecule has 1 atom stereocenters. The quantitative estimate of drug-likeness (QED) is 0.677. The van der Waals surface area contributed by atoms with Crippen molar-refractivity contribution in [1.82, 2.24) is 4.90 Å². The van der Waals surface area contributed by atoms with Gasteiger partial charge in [0, 0.05) is 13.1 Å². The predicted molar refractivity (Wildman–Crippen MR) is 70.8 cm³/mol. The number of thioether (sulfide) groups is 1. The summed E-state index contributed by atoms with van der Waals surface area (Å²) in [5, 5.41) is 0. The highest BCUT2D eigenvalue weighted by atomic mass is 32.2. The molecule has 1 aliphatic heterocycles. The van der Waals surface area contributed by atoms with E-state index in [4.69, 9.17) is 5.73 Å². The lowest BCUT2D eigenvalue weighted by atomic mass is 10.2. The number of amides is 1. The molecule has 5 nitrogen and oxygen atoms in total. The third-order valence-electron chi connectivity index (χ3n) is 2.87. The van der Waals surface area contributed by atoms with Crippen LogP contribution in [-0.4, -0.2) is 61.9 Å². The Morgan fingerprint density at radius 1 is 1.53 bits per heavy atom. The molecule has 17 heavy (non-hydrogen) atoms. The Labute approximate surface area is 107 Å². The molecule has 0 aromatic rings. The van der Waals surface area contributed by atoms with Crippen LogP contribution >= 0.6 is 11.8 Å². The second-order valence-electron chi connectivity index (χ2n) is 4.26. The first-order chi connectivity index (χ1) is 7.96. The molecule has 1 saturated heterocycles. The van der Waals surface area contributed by atoms with Crippen LogP contribution < -0.4 is 5.73 Å². The Kier molecular flexibility index (Phi) is 5.75. The van der Waals surface area contributed by atoms with Gasteiger partial charge >= 0.3 is 0 Å². The molecule has 0 spiro atoms. The first kappa shape index (κ1) is 14.8. The number of hydrogen-bond donors (Lipinski definition) is 1. The van der Waals surface area contributed by atoms with E-state index in [0.717, 1.165) is 12.2 Å². The van der Waals surface area contributed by atoms with Crippen LogP contribution in [-0.2, 0) is 14.6 Å². The predicted octanol–water partition coefficient (Wildman–Crippen LogP) is -0.286. The molecule has 100 valence electrons. The zero-order chi connectivity index (χ0) is 12.9. The van der Waals surface area contributed by atoms with Gasteiger partial charge in [0.1, 0.15) is 0 Å². The normalized spacial score (nSPS) is 22.6. The Morgan fingerprint density at radius 3 is 2.76 bits per heavy atom. The highest BCUT2D eigenvalue weighted by molar-refractivity contribution is 7.99. The molecule has 0 aromatic carbocycles. The average molecular weight is 280 g/mol. The summed E-state index contributed by atoms with van der Waals surface area (Å²) in [4.78, 5) is 13.4. The Balaban J connectivity index is 2.32. The maximum atomic E-state index is 11.8. The first-order valence-electron chi connectivity index (χ1n) is 5.70. The van der Waals surface area contributed by atoms with Crippen LogP contribution in [0.5, 0.6) is 0 Å². The third-order valence-corrected chi connectivity index (χ3v) is 5.65. The molecule has 1 fully saturated rings. The number of sulfone groups is 1. The van der Waals surface area contributed by atoms with Crippen LogP contribution in [0.3, 0.4) is 0 Å². The minimum atomic E-state index is -2.92. The van der Waals surface area contributed by atoms with Crippen molar-refractivity contribution in [3.05, 3.63) is 0 Å². The van der Waals surface area contributed by atoms with Gasteiger partial charge in [0.2, 0.25) is 5.91 Å². The molecule has 7 heteroatoms. The van der Waals surface area contributed by atoms with E-state index < -0.39 is 9.84 Å². The lowest BCUT2D eigenvalue weighted by molar-refractivity contribution is -0.128. The summed E-state index contributed by atoms with van der Waals surface area (Å²) in [7, 11) is -1.23. The van der Waals surface area contributed by atoms with Crippen molar-refractivity contribution in [2.24, 2.45) is 5.73 Å². The van der Waals surface area contributed by atoms with Gasteiger partial charge in [0.05, 0.1) is 17.3 Å². The molecule has 0 aromatic heterocycles. The van der Waals surface area contributed by atoms with E-state index in [1.54, 1.807) is 23.7 Å². The highest BCUT2D eigenvalue weighted by Crippen LogP contribution is 2.17. The number of hydrogen-bond acceptors (Lipinski definition) is 5. The molecule has 0 radical (unpaired) electrons. The number of nitrogens with zero attached hydrogens (tertiary/aromatic N) is 1. The maximum Gasteiger partial charge on any atom is 0.232 e. The van der Waals surface area contributed by atoms with Crippen LogP contribution in [0.15, 0.2) is 0 Å². The topological polar surface area (TPSA) is 80.5 Å². The second kappa shape index (κ2) is 6.61. The highest BCUT2D eigenvalue weighted by Gasteiger charge is 2.32. The summed E-state index contributed by atoms with van der Waals surface area (Å²) in [6, 6.07) is -0.136. The average Bonchev–Trinajstić information content (AvgIpc) is 2.64. The standard InChI is InChI=1S/C10H20N2O3S2/c1-12(9-3-6-17(14,15)8-9)10(13)7-16-5-2-4-11/h9H,2-8,11H2,1H3. The van der Waals surface area contributed by atoms with E-state index in [1.165, 1.54) is 0 Å². The molecule has 0 saturated carbocycles. The van der Waals surface area contributed by atoms with Crippen molar-refractivity contribution in [2.45, 2.75) is 18.9 Å². The van der Waals surface area contributed by atoms with Gasteiger partial charge in [-0.3, -0.25) is 4.79 Å². The van der Waals surface area contributed by atoms with E-state index in [2.05, 4.69) is 0 Å². The monoisotopic (exact) mass is 280 g/mol. The Hall–Kier alpha value is -0.270. The fourth-order valence-corrected chi connectivity index (χ4v) is 4.40. The summed E-state index contributed by atoms with van der Waals surface area (Å²) >= 11 is 1.55. The largest absolute Gasteiger partial charge is 0.341 e. The molecule has 1 unspecified atom stereocenters. The van der Waals surface area contributed by atoms with Crippen LogP contribution in [0.25, 0.3) is 0 Å². The number of carbonyl (C=O) groups is 1. The minimum absolute atomic E-state index is 0.00845. The summed E-state index contributed by atoms with van der Waals surface area (Å²) in [5.74, 6) is 1.61. The van der Waals surface area contributed by atoms with Crippen molar-refractivity contribution in [1.29, 1.82) is 0 Å². The van der Waals surface area contributed by atoms with E-state index >= 15 is 0 Å². The van der Waals surface area contributed by atoms with Crippen molar-refractivity contribution in [2.75, 3.05) is 36.6 Å². The van der Waals surface area contributed by atoms with Crippen molar-refractivity contribution in [3.63, 3.8) is 0 Å². The summed E-state index contributed by atoms with van der Waals surface area (Å²) in [6.07, 6.45) is 1.47. The SMILES string of the molecule is CN(C(=O)CSCCCN)C1CCS(=O)(=O)C1. The fourth-order valence-electron chi connectivity index (χ4n) is 1.73. The number of nitrogens with two attached hydrogens (primary N) is 1.